The molecule has 0 radical (unpaired) electrons. The summed E-state index contributed by atoms with van der Waals surface area (Å²) in [6.07, 6.45) is 9.10. The maximum absolute atomic E-state index is 13.3. The van der Waals surface area contributed by atoms with Gasteiger partial charge in [0.1, 0.15) is 6.04 Å². The number of hydrogen-bond donors (Lipinski definition) is 1. The monoisotopic (exact) mass is 427 g/mol. The molecule has 4 aliphatic rings. The lowest BCUT2D eigenvalue weighted by Crippen LogP contribution is -2.68. The van der Waals surface area contributed by atoms with Gasteiger partial charge in [0.15, 0.2) is 0 Å². The van der Waals surface area contributed by atoms with E-state index in [4.69, 9.17) is 0 Å². The Balaban J connectivity index is 1.37. The van der Waals surface area contributed by atoms with Crippen LogP contribution in [0.4, 0.5) is 0 Å². The number of rotatable bonds is 4. The van der Waals surface area contributed by atoms with Crippen molar-refractivity contribution in [2.24, 2.45) is 17.8 Å². The largest absolute Gasteiger partial charge is 0.349 e. The Labute approximate surface area is 181 Å². The summed E-state index contributed by atoms with van der Waals surface area (Å²) in [5.41, 5.74) is 0. The quantitative estimate of drug-likeness (QED) is 0.751. The third-order valence-electron chi connectivity index (χ3n) is 7.30. The summed E-state index contributed by atoms with van der Waals surface area (Å²) >= 11 is 1.62. The minimum Gasteiger partial charge on any atom is -0.349 e. The molecule has 160 valence electrons. The van der Waals surface area contributed by atoms with E-state index >= 15 is 0 Å². The van der Waals surface area contributed by atoms with Crippen molar-refractivity contribution >= 4 is 29.1 Å². The van der Waals surface area contributed by atoms with E-state index in [2.05, 4.69) is 17.5 Å². The highest BCUT2D eigenvalue weighted by Crippen LogP contribution is 2.42. The van der Waals surface area contributed by atoms with Crippen LogP contribution in [-0.2, 0) is 20.9 Å². The van der Waals surface area contributed by atoms with Gasteiger partial charge < -0.3 is 15.1 Å². The van der Waals surface area contributed by atoms with Gasteiger partial charge in [-0.1, -0.05) is 18.2 Å². The zero-order chi connectivity index (χ0) is 20.7. The summed E-state index contributed by atoms with van der Waals surface area (Å²) in [6, 6.07) is 3.60. The smallest absolute Gasteiger partial charge is 0.243 e. The molecule has 0 unspecified atom stereocenters. The third kappa shape index (κ3) is 3.57. The molecule has 4 heterocycles. The van der Waals surface area contributed by atoms with Crippen molar-refractivity contribution in [1.82, 2.24) is 15.1 Å². The summed E-state index contributed by atoms with van der Waals surface area (Å²) < 4.78 is 0. The van der Waals surface area contributed by atoms with Crippen LogP contribution < -0.4 is 5.32 Å². The first kappa shape index (κ1) is 19.8. The van der Waals surface area contributed by atoms with Gasteiger partial charge in [-0.2, -0.15) is 0 Å². The van der Waals surface area contributed by atoms with Crippen LogP contribution >= 0.6 is 11.3 Å². The van der Waals surface area contributed by atoms with Crippen molar-refractivity contribution in [3.05, 3.63) is 34.5 Å². The second-order valence-corrected chi connectivity index (χ2v) is 10.2. The molecule has 4 atom stereocenters. The maximum atomic E-state index is 13.3. The van der Waals surface area contributed by atoms with Crippen LogP contribution in [0.5, 0.6) is 0 Å². The summed E-state index contributed by atoms with van der Waals surface area (Å²) in [6.45, 7) is 1.80. The summed E-state index contributed by atoms with van der Waals surface area (Å²) in [4.78, 5) is 44.3. The fourth-order valence-electron chi connectivity index (χ4n) is 5.94. The Hall–Kier alpha value is -2.15. The van der Waals surface area contributed by atoms with Crippen LogP contribution in [-0.4, -0.2) is 52.7 Å². The molecular formula is C23H29N3O3S. The number of carbonyl (C=O) groups excluding carboxylic acids is 3. The predicted molar refractivity (Wildman–Crippen MR) is 114 cm³/mol. The summed E-state index contributed by atoms with van der Waals surface area (Å²) in [7, 11) is 0. The Morgan fingerprint density at radius 2 is 1.97 bits per heavy atom. The van der Waals surface area contributed by atoms with E-state index < -0.39 is 6.04 Å². The van der Waals surface area contributed by atoms with E-state index in [-0.39, 0.29) is 41.5 Å². The van der Waals surface area contributed by atoms with E-state index in [0.717, 1.165) is 43.5 Å². The van der Waals surface area contributed by atoms with Crippen LogP contribution in [0.25, 0.3) is 0 Å². The maximum Gasteiger partial charge on any atom is 0.243 e. The van der Waals surface area contributed by atoms with E-state index in [0.29, 0.717) is 19.5 Å². The molecular weight excluding hydrogens is 398 g/mol. The van der Waals surface area contributed by atoms with Gasteiger partial charge in [-0.3, -0.25) is 14.4 Å². The predicted octanol–water partition coefficient (Wildman–Crippen LogP) is 2.56. The molecule has 0 spiro atoms. The van der Waals surface area contributed by atoms with Crippen molar-refractivity contribution in [2.45, 2.75) is 57.2 Å². The zero-order valence-corrected chi connectivity index (χ0v) is 18.0. The first-order valence-electron chi connectivity index (χ1n) is 11.2. The molecule has 2 bridgehead atoms. The molecule has 1 aromatic rings. The topological polar surface area (TPSA) is 69.7 Å². The van der Waals surface area contributed by atoms with Gasteiger partial charge in [-0.15, -0.1) is 11.3 Å². The number of thiophene rings is 1. The number of likely N-dealkylation sites (tertiary alicyclic amines) is 1. The van der Waals surface area contributed by atoms with Gasteiger partial charge in [0.05, 0.1) is 6.54 Å². The first-order chi connectivity index (χ1) is 14.6. The minimum atomic E-state index is -0.462. The Morgan fingerprint density at radius 3 is 2.73 bits per heavy atom. The van der Waals surface area contributed by atoms with Gasteiger partial charge in [-0.05, 0) is 49.5 Å². The Bertz CT molecular complexity index is 844. The van der Waals surface area contributed by atoms with Crippen molar-refractivity contribution in [3.8, 4) is 0 Å². The van der Waals surface area contributed by atoms with Gasteiger partial charge in [0.25, 0.3) is 0 Å². The van der Waals surface area contributed by atoms with Crippen molar-refractivity contribution < 1.29 is 14.4 Å². The third-order valence-corrected chi connectivity index (χ3v) is 8.17. The van der Waals surface area contributed by atoms with E-state index in [9.17, 15) is 14.4 Å². The van der Waals surface area contributed by atoms with Crippen molar-refractivity contribution in [1.29, 1.82) is 0 Å². The second kappa shape index (κ2) is 8.17. The standard InChI is InChI=1S/C23H29N3O3S/c27-20-9-3-8-19-16-11-17(14-25(13-16)23(29)15-5-1-2-6-15)21(26(19)20)22(28)24-12-18-7-4-10-30-18/h1-2,4,7,10,15-17,19,21H,3,5-6,8-9,11-14H2,(H,24,28)/t16-,17+,19+,21-/m1/s1. The Kier molecular flexibility index (Phi) is 5.39. The molecule has 5 rings (SSSR count). The van der Waals surface area contributed by atoms with E-state index in [1.165, 1.54) is 0 Å². The SMILES string of the molecule is O=C(NCc1cccs1)[C@H]1[C@H]2C[C@H](CN(C(=O)C3CC=CC3)C2)[C@@H]2CCCC(=O)N21. The molecule has 30 heavy (non-hydrogen) atoms. The van der Waals surface area contributed by atoms with Crippen molar-refractivity contribution in [2.75, 3.05) is 13.1 Å². The molecule has 3 saturated heterocycles. The highest BCUT2D eigenvalue weighted by Gasteiger charge is 2.52. The van der Waals surface area contributed by atoms with Gasteiger partial charge in [-0.25, -0.2) is 0 Å². The Morgan fingerprint density at radius 1 is 1.17 bits per heavy atom. The number of allylic oxidation sites excluding steroid dienone is 2. The molecule has 0 aromatic carbocycles. The van der Waals surface area contributed by atoms with Crippen LogP contribution in [0, 0.1) is 17.8 Å². The molecule has 3 amide bonds. The number of piperidine rings is 3. The van der Waals surface area contributed by atoms with Crippen molar-refractivity contribution in [3.63, 3.8) is 0 Å². The minimum absolute atomic E-state index is 0.0173. The molecule has 3 aliphatic heterocycles. The number of hydrogen-bond acceptors (Lipinski definition) is 4. The zero-order valence-electron chi connectivity index (χ0n) is 17.2. The number of amides is 3. The second-order valence-electron chi connectivity index (χ2n) is 9.14. The fraction of sp³-hybridized carbons (Fsp3) is 0.609. The molecule has 7 heteroatoms. The highest BCUT2D eigenvalue weighted by atomic mass is 32.1. The van der Waals surface area contributed by atoms with Gasteiger partial charge in [0, 0.05) is 42.3 Å². The highest BCUT2D eigenvalue weighted by molar-refractivity contribution is 7.09. The normalized spacial score (nSPS) is 31.0. The molecule has 0 saturated carbocycles. The average Bonchev–Trinajstić information content (AvgIpc) is 3.46. The lowest BCUT2D eigenvalue weighted by atomic mass is 9.71. The average molecular weight is 428 g/mol. The lowest BCUT2D eigenvalue weighted by Gasteiger charge is -2.56. The summed E-state index contributed by atoms with van der Waals surface area (Å²) in [5.74, 6) is 0.624. The molecule has 1 aliphatic carbocycles. The van der Waals surface area contributed by atoms with Crippen LogP contribution in [0.2, 0.25) is 0 Å². The molecule has 1 aromatic heterocycles. The first-order valence-corrected chi connectivity index (χ1v) is 12.0. The fourth-order valence-corrected chi connectivity index (χ4v) is 6.59. The van der Waals surface area contributed by atoms with E-state index in [1.54, 1.807) is 11.3 Å². The number of nitrogens with one attached hydrogen (secondary N) is 1. The van der Waals surface area contributed by atoms with Gasteiger partial charge in [0.2, 0.25) is 17.7 Å². The van der Waals surface area contributed by atoms with Gasteiger partial charge >= 0.3 is 0 Å². The molecule has 6 nitrogen and oxygen atoms in total. The van der Waals surface area contributed by atoms with Crippen LogP contribution in [0.1, 0.15) is 43.4 Å². The lowest BCUT2D eigenvalue weighted by molar-refractivity contribution is -0.164. The van der Waals surface area contributed by atoms with E-state index in [1.807, 2.05) is 27.3 Å². The van der Waals surface area contributed by atoms with Crippen LogP contribution in [0.3, 0.4) is 0 Å². The number of fused-ring (bicyclic) bond motifs is 4. The number of carbonyl (C=O) groups is 3. The van der Waals surface area contributed by atoms with Crippen LogP contribution in [0.15, 0.2) is 29.7 Å². The molecule has 1 N–H and O–H groups in total. The number of nitrogens with zero attached hydrogens (tertiary/aromatic N) is 2. The summed E-state index contributed by atoms with van der Waals surface area (Å²) in [5, 5.41) is 5.07. The molecule has 3 fully saturated rings.